The first-order valence-corrected chi connectivity index (χ1v) is 7.20. The minimum absolute atomic E-state index is 0.0260. The van der Waals surface area contributed by atoms with Crippen LogP contribution in [0.4, 0.5) is 15.1 Å². The normalized spacial score (nSPS) is 11.6. The first-order valence-electron chi connectivity index (χ1n) is 6.38. The topological polar surface area (TPSA) is 98.5 Å². The predicted molar refractivity (Wildman–Crippen MR) is 80.9 cm³/mol. The van der Waals surface area contributed by atoms with Gasteiger partial charge in [-0.15, -0.1) is 0 Å². The highest BCUT2D eigenvalue weighted by Gasteiger charge is 2.22. The monoisotopic (exact) mass is 338 g/mol. The van der Waals surface area contributed by atoms with Crippen LogP contribution in [0.2, 0.25) is 0 Å². The van der Waals surface area contributed by atoms with E-state index in [1.165, 1.54) is 43.3 Å². The zero-order valence-corrected chi connectivity index (χ0v) is 12.6. The summed E-state index contributed by atoms with van der Waals surface area (Å²) < 4.78 is 17.7. The van der Waals surface area contributed by atoms with Crippen LogP contribution in [-0.4, -0.2) is 22.9 Å². The van der Waals surface area contributed by atoms with Crippen LogP contribution >= 0.6 is 11.3 Å². The molecule has 7 nitrogen and oxygen atoms in total. The number of ether oxygens (including phenoxy) is 1. The Morgan fingerprint density at radius 3 is 2.48 bits per heavy atom. The van der Waals surface area contributed by atoms with Gasteiger partial charge in [0.25, 0.3) is 5.91 Å². The van der Waals surface area contributed by atoms with Crippen LogP contribution < -0.4 is 5.32 Å². The maximum Gasteiger partial charge on any atom is 0.349 e. The van der Waals surface area contributed by atoms with E-state index in [1.807, 2.05) is 0 Å². The van der Waals surface area contributed by atoms with Crippen molar-refractivity contribution in [3.63, 3.8) is 0 Å². The molecule has 0 spiro atoms. The molecule has 120 valence electrons. The second-order valence-corrected chi connectivity index (χ2v) is 5.50. The van der Waals surface area contributed by atoms with Gasteiger partial charge < -0.3 is 10.1 Å². The number of nitrogens with one attached hydrogen (secondary N) is 1. The SMILES string of the molecule is C[C@H](OC(=O)c1ccc([N+](=O)[O-])s1)C(=O)Nc1ccc(F)cc1. The van der Waals surface area contributed by atoms with Crippen molar-refractivity contribution >= 4 is 33.9 Å². The molecular weight excluding hydrogens is 327 g/mol. The summed E-state index contributed by atoms with van der Waals surface area (Å²) >= 11 is 0.661. The number of thiophene rings is 1. The Hall–Kier alpha value is -2.81. The number of carbonyl (C=O) groups is 2. The molecule has 0 aliphatic heterocycles. The summed E-state index contributed by atoms with van der Waals surface area (Å²) in [5, 5.41) is 12.8. The molecule has 0 aliphatic carbocycles. The summed E-state index contributed by atoms with van der Waals surface area (Å²) in [6, 6.07) is 7.53. The minimum Gasteiger partial charge on any atom is -0.448 e. The van der Waals surface area contributed by atoms with Crippen LogP contribution in [-0.2, 0) is 9.53 Å². The van der Waals surface area contributed by atoms with Crippen LogP contribution in [0, 0.1) is 15.9 Å². The second kappa shape index (κ2) is 6.97. The fourth-order valence-corrected chi connectivity index (χ4v) is 2.29. The maximum absolute atomic E-state index is 12.8. The summed E-state index contributed by atoms with van der Waals surface area (Å²) in [7, 11) is 0. The quantitative estimate of drug-likeness (QED) is 0.513. The lowest BCUT2D eigenvalue weighted by Crippen LogP contribution is -2.29. The van der Waals surface area contributed by atoms with E-state index in [1.54, 1.807) is 0 Å². The fourth-order valence-electron chi connectivity index (χ4n) is 1.58. The molecule has 1 aromatic heterocycles. The van der Waals surface area contributed by atoms with Crippen molar-refractivity contribution in [3.8, 4) is 0 Å². The fraction of sp³-hybridized carbons (Fsp3) is 0.143. The Bertz CT molecular complexity index is 744. The number of rotatable bonds is 5. The maximum atomic E-state index is 12.8. The van der Waals surface area contributed by atoms with E-state index in [-0.39, 0.29) is 9.88 Å². The van der Waals surface area contributed by atoms with E-state index >= 15 is 0 Å². The van der Waals surface area contributed by atoms with Crippen molar-refractivity contribution in [1.29, 1.82) is 0 Å². The van der Waals surface area contributed by atoms with Crippen LogP contribution in [0.15, 0.2) is 36.4 Å². The molecule has 2 rings (SSSR count). The Morgan fingerprint density at radius 2 is 1.91 bits per heavy atom. The van der Waals surface area contributed by atoms with Crippen molar-refractivity contribution < 1.29 is 23.6 Å². The van der Waals surface area contributed by atoms with E-state index in [9.17, 15) is 24.1 Å². The smallest absolute Gasteiger partial charge is 0.349 e. The molecule has 0 radical (unpaired) electrons. The van der Waals surface area contributed by atoms with Crippen LogP contribution in [0.5, 0.6) is 0 Å². The number of carbonyl (C=O) groups excluding carboxylic acids is 2. The van der Waals surface area contributed by atoms with E-state index in [0.717, 1.165) is 0 Å². The number of halogens is 1. The molecule has 0 unspecified atom stereocenters. The number of anilines is 1. The van der Waals surface area contributed by atoms with Gasteiger partial charge in [-0.05, 0) is 37.3 Å². The molecule has 0 fully saturated rings. The molecule has 23 heavy (non-hydrogen) atoms. The van der Waals surface area contributed by atoms with Crippen molar-refractivity contribution in [2.75, 3.05) is 5.32 Å². The molecular formula is C14H11FN2O5S. The highest BCUT2D eigenvalue weighted by atomic mass is 32.1. The number of hydrogen-bond acceptors (Lipinski definition) is 6. The molecule has 2 aromatic rings. The van der Waals surface area contributed by atoms with Gasteiger partial charge in [0.05, 0.1) is 4.92 Å². The number of nitrogens with zero attached hydrogens (tertiary/aromatic N) is 1. The summed E-state index contributed by atoms with van der Waals surface area (Å²) in [4.78, 5) is 33.7. The molecule has 1 aromatic carbocycles. The third-order valence-corrected chi connectivity index (χ3v) is 3.75. The molecule has 1 atom stereocenters. The third kappa shape index (κ3) is 4.33. The van der Waals surface area contributed by atoms with Crippen LogP contribution in [0.1, 0.15) is 16.6 Å². The van der Waals surface area contributed by atoms with E-state index in [2.05, 4.69) is 5.32 Å². The van der Waals surface area contributed by atoms with E-state index < -0.39 is 28.7 Å². The molecule has 1 N–H and O–H groups in total. The molecule has 0 aliphatic rings. The minimum atomic E-state index is -1.12. The van der Waals surface area contributed by atoms with Gasteiger partial charge in [0.1, 0.15) is 10.7 Å². The second-order valence-electron chi connectivity index (χ2n) is 4.44. The zero-order valence-electron chi connectivity index (χ0n) is 11.8. The lowest BCUT2D eigenvalue weighted by Gasteiger charge is -2.12. The zero-order chi connectivity index (χ0) is 17.0. The first-order chi connectivity index (χ1) is 10.9. The van der Waals surface area contributed by atoms with E-state index in [0.29, 0.717) is 17.0 Å². The summed E-state index contributed by atoms with van der Waals surface area (Å²) in [6.07, 6.45) is -1.12. The van der Waals surface area contributed by atoms with Gasteiger partial charge in [0.2, 0.25) is 0 Å². The Morgan fingerprint density at radius 1 is 1.26 bits per heavy atom. The highest BCUT2D eigenvalue weighted by molar-refractivity contribution is 7.17. The number of benzene rings is 1. The number of amides is 1. The van der Waals surface area contributed by atoms with Gasteiger partial charge in [-0.2, -0.15) is 0 Å². The lowest BCUT2D eigenvalue weighted by atomic mass is 10.3. The third-order valence-electron chi connectivity index (χ3n) is 2.74. The molecule has 0 bridgehead atoms. The number of hydrogen-bond donors (Lipinski definition) is 1. The Balaban J connectivity index is 1.95. The first kappa shape index (κ1) is 16.6. The molecule has 1 heterocycles. The molecule has 0 saturated heterocycles. The van der Waals surface area contributed by atoms with Crippen molar-refractivity contribution in [1.82, 2.24) is 0 Å². The Kier molecular flexibility index (Phi) is 5.02. The summed E-state index contributed by atoms with van der Waals surface area (Å²) in [5.74, 6) is -1.87. The average molecular weight is 338 g/mol. The standard InChI is InChI=1S/C14H11FN2O5S/c1-8(13(18)16-10-4-2-9(15)3-5-10)22-14(19)11-6-7-12(23-11)17(20)21/h2-8H,1H3,(H,16,18)/t8-/m0/s1. The van der Waals surface area contributed by atoms with Crippen LogP contribution in [0.25, 0.3) is 0 Å². The predicted octanol–water partition coefficient (Wildman–Crippen LogP) is 2.98. The van der Waals surface area contributed by atoms with Gasteiger partial charge in [0, 0.05) is 11.8 Å². The largest absolute Gasteiger partial charge is 0.448 e. The summed E-state index contributed by atoms with van der Waals surface area (Å²) in [6.45, 7) is 1.36. The lowest BCUT2D eigenvalue weighted by molar-refractivity contribution is -0.380. The van der Waals surface area contributed by atoms with Crippen LogP contribution in [0.3, 0.4) is 0 Å². The van der Waals surface area contributed by atoms with Gasteiger partial charge in [-0.3, -0.25) is 14.9 Å². The average Bonchev–Trinajstić information content (AvgIpc) is 2.99. The number of nitro groups is 1. The van der Waals surface area contributed by atoms with E-state index in [4.69, 9.17) is 4.74 Å². The van der Waals surface area contributed by atoms with Gasteiger partial charge in [0.15, 0.2) is 6.10 Å². The molecule has 0 saturated carbocycles. The Labute approximate surface area is 133 Å². The van der Waals surface area contributed by atoms with Gasteiger partial charge >= 0.3 is 11.0 Å². The van der Waals surface area contributed by atoms with Gasteiger partial charge in [-0.25, -0.2) is 9.18 Å². The van der Waals surface area contributed by atoms with Crippen molar-refractivity contribution in [2.24, 2.45) is 0 Å². The number of esters is 1. The van der Waals surface area contributed by atoms with Gasteiger partial charge in [-0.1, -0.05) is 11.3 Å². The van der Waals surface area contributed by atoms with Crippen molar-refractivity contribution in [2.45, 2.75) is 13.0 Å². The highest BCUT2D eigenvalue weighted by Crippen LogP contribution is 2.24. The molecule has 9 heteroatoms. The summed E-state index contributed by atoms with van der Waals surface area (Å²) in [5.41, 5.74) is 0.353. The van der Waals surface area contributed by atoms with Crippen molar-refractivity contribution in [3.05, 3.63) is 57.2 Å². The molecule has 1 amide bonds.